The topological polar surface area (TPSA) is 35.5 Å². The first kappa shape index (κ1) is 15.2. The highest BCUT2D eigenvalue weighted by molar-refractivity contribution is 6.35. The van der Waals surface area contributed by atoms with E-state index >= 15 is 0 Å². The molecule has 0 aromatic heterocycles. The van der Waals surface area contributed by atoms with Crippen molar-refractivity contribution >= 4 is 40.8 Å². The first-order valence-corrected chi connectivity index (χ1v) is 6.26. The molecular weight excluding hydrogens is 298 g/mol. The van der Waals surface area contributed by atoms with Crippen LogP contribution >= 0.6 is 34.8 Å². The fraction of sp³-hybridized carbons (Fsp3) is 0.250. The van der Waals surface area contributed by atoms with Crippen LogP contribution in [-0.2, 0) is 9.53 Å². The molecule has 0 fully saturated rings. The first-order valence-electron chi connectivity index (χ1n) is 5.07. The van der Waals surface area contributed by atoms with E-state index in [1.54, 1.807) is 25.1 Å². The van der Waals surface area contributed by atoms with Gasteiger partial charge in [-0.1, -0.05) is 40.9 Å². The van der Waals surface area contributed by atoms with Crippen LogP contribution in [0.3, 0.4) is 0 Å². The maximum atomic E-state index is 11.3. The van der Waals surface area contributed by atoms with Gasteiger partial charge in [0.2, 0.25) is 0 Å². The molecule has 0 unspecified atom stereocenters. The Hall–Kier alpha value is -0.900. The number of ether oxygens (including phenoxy) is 2. The molecular formula is C12H11Cl3O3. The van der Waals surface area contributed by atoms with Crippen LogP contribution < -0.4 is 4.74 Å². The number of halogens is 3. The summed E-state index contributed by atoms with van der Waals surface area (Å²) in [6.45, 7) is 1.50. The second-order valence-corrected chi connectivity index (χ2v) is 4.50. The molecule has 0 radical (unpaired) electrons. The summed E-state index contributed by atoms with van der Waals surface area (Å²) in [5.74, 6) is -0.228. The number of benzene rings is 1. The molecule has 0 saturated heterocycles. The van der Waals surface area contributed by atoms with Crippen molar-refractivity contribution in [2.45, 2.75) is 12.5 Å². The number of carbonyl (C=O) groups is 1. The fourth-order valence-electron chi connectivity index (χ4n) is 1.08. The Balaban J connectivity index is 2.47. The van der Waals surface area contributed by atoms with Gasteiger partial charge in [0.05, 0.1) is 5.02 Å². The third kappa shape index (κ3) is 5.17. The predicted molar refractivity (Wildman–Crippen MR) is 72.5 cm³/mol. The van der Waals surface area contributed by atoms with Crippen LogP contribution in [0.2, 0.25) is 10.0 Å². The van der Waals surface area contributed by atoms with E-state index in [9.17, 15) is 4.79 Å². The van der Waals surface area contributed by atoms with Gasteiger partial charge in [-0.2, -0.15) is 0 Å². The monoisotopic (exact) mass is 308 g/mol. The van der Waals surface area contributed by atoms with Crippen molar-refractivity contribution in [2.24, 2.45) is 0 Å². The van der Waals surface area contributed by atoms with Gasteiger partial charge < -0.3 is 9.47 Å². The fourth-order valence-corrected chi connectivity index (χ4v) is 1.79. The average molecular weight is 310 g/mol. The van der Waals surface area contributed by atoms with Gasteiger partial charge in [0.1, 0.15) is 5.75 Å². The number of hydrogen-bond donors (Lipinski definition) is 0. The second-order valence-electron chi connectivity index (χ2n) is 3.23. The number of allylic oxidation sites excluding steroid dienone is 1. The molecule has 0 bridgehead atoms. The largest absolute Gasteiger partial charge is 0.480 e. The summed E-state index contributed by atoms with van der Waals surface area (Å²) in [5.41, 5.74) is -0.799. The van der Waals surface area contributed by atoms with Crippen LogP contribution in [0.25, 0.3) is 0 Å². The molecule has 0 spiro atoms. The molecule has 6 heteroatoms. The SMILES string of the molecule is C/C=C/[C@@H](Cl)OC(=O)COc1ccc(Cl)cc1Cl. The number of hydrogen-bond acceptors (Lipinski definition) is 3. The van der Waals surface area contributed by atoms with E-state index in [1.807, 2.05) is 0 Å². The zero-order chi connectivity index (χ0) is 13.5. The van der Waals surface area contributed by atoms with E-state index < -0.39 is 11.5 Å². The van der Waals surface area contributed by atoms with E-state index in [1.165, 1.54) is 12.1 Å². The normalized spacial score (nSPS) is 12.4. The van der Waals surface area contributed by atoms with E-state index in [2.05, 4.69) is 0 Å². The molecule has 0 aliphatic heterocycles. The standard InChI is InChI=1S/C12H11Cl3O3/c1-2-3-11(15)18-12(16)7-17-10-5-4-8(13)6-9(10)14/h2-6,11H,7H2,1H3/b3-2+/t11-/m0/s1. The van der Waals surface area contributed by atoms with E-state index in [-0.39, 0.29) is 6.61 Å². The van der Waals surface area contributed by atoms with Gasteiger partial charge >= 0.3 is 5.97 Å². The Morgan fingerprint density at radius 3 is 2.78 bits per heavy atom. The molecule has 1 aromatic carbocycles. The molecule has 1 rings (SSSR count). The summed E-state index contributed by atoms with van der Waals surface area (Å²) < 4.78 is 10.0. The van der Waals surface area contributed by atoms with Crippen molar-refractivity contribution < 1.29 is 14.3 Å². The van der Waals surface area contributed by atoms with Gasteiger partial charge in [-0.15, -0.1) is 0 Å². The molecule has 18 heavy (non-hydrogen) atoms. The molecule has 0 amide bonds. The van der Waals surface area contributed by atoms with E-state index in [0.29, 0.717) is 15.8 Å². The minimum absolute atomic E-state index is 0.276. The summed E-state index contributed by atoms with van der Waals surface area (Å²) in [4.78, 5) is 11.3. The van der Waals surface area contributed by atoms with Crippen molar-refractivity contribution in [3.63, 3.8) is 0 Å². The Morgan fingerprint density at radius 2 is 2.17 bits per heavy atom. The summed E-state index contributed by atoms with van der Waals surface area (Å²) >= 11 is 17.3. The Morgan fingerprint density at radius 1 is 1.44 bits per heavy atom. The Bertz CT molecular complexity index is 446. The molecule has 1 atom stereocenters. The van der Waals surface area contributed by atoms with E-state index in [0.717, 1.165) is 0 Å². The van der Waals surface area contributed by atoms with Crippen LogP contribution in [0.4, 0.5) is 0 Å². The summed E-state index contributed by atoms with van der Waals surface area (Å²) in [7, 11) is 0. The minimum Gasteiger partial charge on any atom is -0.480 e. The molecule has 3 nitrogen and oxygen atoms in total. The van der Waals surface area contributed by atoms with Crippen LogP contribution in [-0.4, -0.2) is 18.1 Å². The van der Waals surface area contributed by atoms with Crippen molar-refractivity contribution in [2.75, 3.05) is 6.61 Å². The first-order chi connectivity index (χ1) is 8.52. The number of carbonyl (C=O) groups excluding carboxylic acids is 1. The summed E-state index contributed by atoms with van der Waals surface area (Å²) in [6.07, 6.45) is 3.22. The third-order valence-corrected chi connectivity index (χ3v) is 2.59. The van der Waals surface area contributed by atoms with Crippen LogP contribution in [0.1, 0.15) is 6.92 Å². The molecule has 0 aliphatic carbocycles. The van der Waals surface area contributed by atoms with Gasteiger partial charge in [0.25, 0.3) is 0 Å². The molecule has 0 heterocycles. The Kier molecular flexibility index (Phi) is 6.33. The highest BCUT2D eigenvalue weighted by atomic mass is 35.5. The summed E-state index contributed by atoms with van der Waals surface area (Å²) in [6, 6.07) is 4.70. The molecule has 0 aliphatic rings. The molecule has 0 saturated carbocycles. The van der Waals surface area contributed by atoms with E-state index in [4.69, 9.17) is 44.3 Å². The number of alkyl halides is 1. The zero-order valence-corrected chi connectivity index (χ0v) is 11.8. The average Bonchev–Trinajstić information content (AvgIpc) is 2.28. The number of rotatable bonds is 5. The lowest BCUT2D eigenvalue weighted by molar-refractivity contribution is -0.146. The maximum Gasteiger partial charge on any atom is 0.345 e. The van der Waals surface area contributed by atoms with Crippen molar-refractivity contribution in [3.8, 4) is 5.75 Å². The van der Waals surface area contributed by atoms with Crippen LogP contribution in [0, 0.1) is 0 Å². The lowest BCUT2D eigenvalue weighted by atomic mass is 10.3. The maximum absolute atomic E-state index is 11.3. The van der Waals surface area contributed by atoms with Crippen molar-refractivity contribution in [1.29, 1.82) is 0 Å². The van der Waals surface area contributed by atoms with Crippen LogP contribution in [0.15, 0.2) is 30.4 Å². The quantitative estimate of drug-likeness (QED) is 0.467. The smallest absolute Gasteiger partial charge is 0.345 e. The molecule has 1 aromatic rings. The van der Waals surface area contributed by atoms with Crippen LogP contribution in [0.5, 0.6) is 5.75 Å². The lowest BCUT2D eigenvalue weighted by Crippen LogP contribution is -2.18. The van der Waals surface area contributed by atoms with Gasteiger partial charge in [0.15, 0.2) is 12.2 Å². The number of esters is 1. The van der Waals surface area contributed by atoms with Gasteiger partial charge in [-0.25, -0.2) is 4.79 Å². The minimum atomic E-state index is -0.799. The summed E-state index contributed by atoms with van der Waals surface area (Å²) in [5, 5.41) is 0.815. The van der Waals surface area contributed by atoms with Gasteiger partial charge in [-0.3, -0.25) is 0 Å². The van der Waals surface area contributed by atoms with Gasteiger partial charge in [0, 0.05) is 5.02 Å². The second kappa shape index (κ2) is 7.52. The highest BCUT2D eigenvalue weighted by Crippen LogP contribution is 2.27. The zero-order valence-electron chi connectivity index (χ0n) is 9.53. The predicted octanol–water partition coefficient (Wildman–Crippen LogP) is 4.06. The van der Waals surface area contributed by atoms with Crippen molar-refractivity contribution in [3.05, 3.63) is 40.4 Å². The lowest BCUT2D eigenvalue weighted by Gasteiger charge is -2.09. The molecule has 98 valence electrons. The third-order valence-electron chi connectivity index (χ3n) is 1.83. The van der Waals surface area contributed by atoms with Crippen molar-refractivity contribution in [1.82, 2.24) is 0 Å². The Labute approximate surface area is 120 Å². The highest BCUT2D eigenvalue weighted by Gasteiger charge is 2.10. The van der Waals surface area contributed by atoms with Gasteiger partial charge in [-0.05, 0) is 31.2 Å². The molecule has 0 N–H and O–H groups in total.